The number of hydrogen-bond donors (Lipinski definition) is 0. The topological polar surface area (TPSA) is 86.8 Å². The first-order chi connectivity index (χ1) is 16.5. The Morgan fingerprint density at radius 3 is 2.46 bits per heavy atom. The van der Waals surface area contributed by atoms with Crippen molar-refractivity contribution in [3.05, 3.63) is 70.2 Å². The van der Waals surface area contributed by atoms with Crippen molar-refractivity contribution < 1.29 is 36.2 Å². The number of alkyl halides is 2. The first-order valence-corrected chi connectivity index (χ1v) is 10.1. The lowest BCUT2D eigenvalue weighted by Crippen LogP contribution is -2.35. The molecule has 0 unspecified atom stereocenters. The molecule has 0 fully saturated rings. The van der Waals surface area contributed by atoms with Gasteiger partial charge in [0.05, 0.1) is 5.39 Å². The summed E-state index contributed by atoms with van der Waals surface area (Å²) in [6.45, 7) is 1.02. The average molecular weight is 489 g/mol. The van der Waals surface area contributed by atoms with Crippen LogP contribution in [0.25, 0.3) is 22.2 Å². The lowest BCUT2D eigenvalue weighted by molar-refractivity contribution is -0.286. The van der Waals surface area contributed by atoms with Gasteiger partial charge in [-0.1, -0.05) is 0 Å². The van der Waals surface area contributed by atoms with Crippen LogP contribution >= 0.6 is 0 Å². The van der Waals surface area contributed by atoms with E-state index in [1.165, 1.54) is 31.3 Å². The zero-order valence-electron chi connectivity index (χ0n) is 18.1. The first kappa shape index (κ1) is 22.4. The maximum Gasteiger partial charge on any atom is 0.586 e. The van der Waals surface area contributed by atoms with E-state index in [-0.39, 0.29) is 39.4 Å². The fourth-order valence-corrected chi connectivity index (χ4v) is 3.71. The third kappa shape index (κ3) is 4.07. The van der Waals surface area contributed by atoms with Crippen LogP contribution in [-0.2, 0) is 11.3 Å². The summed E-state index contributed by atoms with van der Waals surface area (Å²) < 4.78 is 69.4. The number of aryl methyl sites for hydroxylation is 1. The van der Waals surface area contributed by atoms with E-state index < -0.39 is 35.9 Å². The summed E-state index contributed by atoms with van der Waals surface area (Å²) in [6.07, 6.45) is -3.81. The summed E-state index contributed by atoms with van der Waals surface area (Å²) in [7, 11) is 1.37. The zero-order chi connectivity index (χ0) is 25.1. The van der Waals surface area contributed by atoms with Crippen LogP contribution in [0.4, 0.5) is 23.2 Å². The number of rotatable bonds is 4. The number of halogens is 4. The maximum absolute atomic E-state index is 13.9. The molecule has 1 aliphatic rings. The van der Waals surface area contributed by atoms with Crippen molar-refractivity contribution in [3.63, 3.8) is 0 Å². The summed E-state index contributed by atoms with van der Waals surface area (Å²) in [6, 6.07) is 7.93. The van der Waals surface area contributed by atoms with Crippen LogP contribution in [0.2, 0.25) is 0 Å². The van der Waals surface area contributed by atoms with Gasteiger partial charge in [-0.05, 0) is 37.3 Å². The number of anilines is 1. The molecule has 2 aromatic heterocycles. The predicted octanol–water partition coefficient (Wildman–Crippen LogP) is 4.23. The van der Waals surface area contributed by atoms with Crippen molar-refractivity contribution >= 4 is 22.6 Å². The highest BCUT2D eigenvalue weighted by atomic mass is 19.3. The number of carbonyl (C=O) groups excluding carboxylic acids is 1. The molecule has 0 atom stereocenters. The van der Waals surface area contributed by atoms with E-state index in [1.807, 2.05) is 0 Å². The zero-order valence-corrected chi connectivity index (χ0v) is 18.1. The van der Waals surface area contributed by atoms with Crippen LogP contribution in [0.15, 0.2) is 51.7 Å². The monoisotopic (exact) mass is 489 g/mol. The molecule has 35 heavy (non-hydrogen) atoms. The standard InChI is InChI=1S/C23H15F4N3O5/c1-11-5-16-21(33-11)20(12-6-13(24)8-14(25)7-12)28-30(22(16)32)10-19(31)29(2)15-3-4-17-18(9-15)35-23(26,27)34-17/h3-9H,10H2,1-2H3. The Hall–Kier alpha value is -4.35. The van der Waals surface area contributed by atoms with Crippen molar-refractivity contribution in [2.45, 2.75) is 19.8 Å². The molecule has 0 aliphatic carbocycles. The molecule has 4 aromatic rings. The minimum absolute atomic E-state index is 0.00750. The van der Waals surface area contributed by atoms with Gasteiger partial charge in [-0.15, -0.1) is 8.78 Å². The van der Waals surface area contributed by atoms with Crippen molar-refractivity contribution in [2.24, 2.45) is 0 Å². The largest absolute Gasteiger partial charge is 0.586 e. The fraction of sp³-hybridized carbons (Fsp3) is 0.174. The molecule has 1 amide bonds. The third-order valence-electron chi connectivity index (χ3n) is 5.32. The van der Waals surface area contributed by atoms with Gasteiger partial charge in [0.15, 0.2) is 17.1 Å². The number of likely N-dealkylation sites (N-methyl/N-ethyl adjacent to an activating group) is 1. The lowest BCUT2D eigenvalue weighted by atomic mass is 10.1. The number of furan rings is 1. The summed E-state index contributed by atoms with van der Waals surface area (Å²) >= 11 is 0. The molecule has 0 saturated heterocycles. The smallest absolute Gasteiger partial charge is 0.459 e. The van der Waals surface area contributed by atoms with Crippen molar-refractivity contribution in [2.75, 3.05) is 11.9 Å². The number of aromatic nitrogens is 2. The molecule has 2 aromatic carbocycles. The van der Waals surface area contributed by atoms with Gasteiger partial charge in [-0.3, -0.25) is 9.59 Å². The Balaban J connectivity index is 1.51. The van der Waals surface area contributed by atoms with Gasteiger partial charge in [0.25, 0.3) is 5.56 Å². The van der Waals surface area contributed by atoms with E-state index in [1.54, 1.807) is 6.92 Å². The van der Waals surface area contributed by atoms with Crippen LogP contribution in [-0.4, -0.2) is 29.0 Å². The van der Waals surface area contributed by atoms with Gasteiger partial charge < -0.3 is 18.8 Å². The number of carbonyl (C=O) groups is 1. The number of benzene rings is 2. The maximum atomic E-state index is 13.9. The molecule has 0 N–H and O–H groups in total. The van der Waals surface area contributed by atoms with E-state index in [0.717, 1.165) is 21.7 Å². The molecule has 8 nitrogen and oxygen atoms in total. The van der Waals surface area contributed by atoms with Gasteiger partial charge in [0.1, 0.15) is 29.6 Å². The normalized spacial score (nSPS) is 13.9. The lowest BCUT2D eigenvalue weighted by Gasteiger charge is -2.18. The van der Waals surface area contributed by atoms with E-state index in [2.05, 4.69) is 14.6 Å². The Kier molecular flexibility index (Phi) is 5.04. The molecule has 3 heterocycles. The van der Waals surface area contributed by atoms with Crippen LogP contribution in [0.5, 0.6) is 11.5 Å². The van der Waals surface area contributed by atoms with Gasteiger partial charge in [0.2, 0.25) is 5.91 Å². The summed E-state index contributed by atoms with van der Waals surface area (Å²) in [5.41, 5.74) is -0.480. The van der Waals surface area contributed by atoms with Gasteiger partial charge in [-0.25, -0.2) is 13.5 Å². The summed E-state index contributed by atoms with van der Waals surface area (Å²) in [4.78, 5) is 27.0. The molecular weight excluding hydrogens is 474 g/mol. The second kappa shape index (κ2) is 7.86. The molecule has 12 heteroatoms. The SMILES string of the molecule is Cc1cc2c(=O)n(CC(=O)N(C)c3ccc4c(c3)OC(F)(F)O4)nc(-c3cc(F)cc(F)c3)c2o1. The third-order valence-corrected chi connectivity index (χ3v) is 5.32. The first-order valence-electron chi connectivity index (χ1n) is 10.1. The summed E-state index contributed by atoms with van der Waals surface area (Å²) in [5, 5.41) is 4.21. The van der Waals surface area contributed by atoms with Gasteiger partial charge in [-0.2, -0.15) is 5.10 Å². The minimum atomic E-state index is -3.81. The molecule has 180 valence electrons. The van der Waals surface area contributed by atoms with Crippen molar-refractivity contribution in [3.8, 4) is 22.8 Å². The van der Waals surface area contributed by atoms with Gasteiger partial charge >= 0.3 is 6.29 Å². The van der Waals surface area contributed by atoms with Crippen LogP contribution in [0, 0.1) is 18.6 Å². The molecule has 1 aliphatic heterocycles. The molecule has 5 rings (SSSR count). The van der Waals surface area contributed by atoms with Crippen molar-refractivity contribution in [1.29, 1.82) is 0 Å². The Bertz CT molecular complexity index is 1540. The summed E-state index contributed by atoms with van der Waals surface area (Å²) in [5.74, 6) is -2.45. The highest BCUT2D eigenvalue weighted by Gasteiger charge is 2.43. The predicted molar refractivity (Wildman–Crippen MR) is 114 cm³/mol. The van der Waals surface area contributed by atoms with Crippen molar-refractivity contribution in [1.82, 2.24) is 9.78 Å². The van der Waals surface area contributed by atoms with E-state index >= 15 is 0 Å². The second-order valence-electron chi connectivity index (χ2n) is 7.82. The minimum Gasteiger partial charge on any atom is -0.459 e. The van der Waals surface area contributed by atoms with Crippen LogP contribution in [0.1, 0.15) is 5.76 Å². The number of fused-ring (bicyclic) bond motifs is 2. The van der Waals surface area contributed by atoms with Crippen LogP contribution in [0.3, 0.4) is 0 Å². The number of amides is 1. The van der Waals surface area contributed by atoms with E-state index in [9.17, 15) is 27.2 Å². The highest BCUT2D eigenvalue weighted by Crippen LogP contribution is 2.42. The molecule has 0 saturated carbocycles. The Morgan fingerprint density at radius 1 is 1.06 bits per heavy atom. The molecule has 0 spiro atoms. The molecule has 0 bridgehead atoms. The quantitative estimate of drug-likeness (QED) is 0.399. The van der Waals surface area contributed by atoms with E-state index in [4.69, 9.17) is 4.42 Å². The molecule has 0 radical (unpaired) electrons. The number of hydrogen-bond acceptors (Lipinski definition) is 6. The number of nitrogens with zero attached hydrogens (tertiary/aromatic N) is 3. The Labute approximate surface area is 193 Å². The van der Waals surface area contributed by atoms with Gasteiger partial charge in [0, 0.05) is 30.4 Å². The van der Waals surface area contributed by atoms with Crippen LogP contribution < -0.4 is 19.9 Å². The fourth-order valence-electron chi connectivity index (χ4n) is 3.71. The second-order valence-corrected chi connectivity index (χ2v) is 7.82. The average Bonchev–Trinajstić information content (AvgIpc) is 3.31. The highest BCUT2D eigenvalue weighted by molar-refractivity contribution is 5.94. The van der Waals surface area contributed by atoms with E-state index in [0.29, 0.717) is 11.8 Å². The number of ether oxygens (including phenoxy) is 2. The molecular formula is C23H15F4N3O5. The Morgan fingerprint density at radius 2 is 1.74 bits per heavy atom.